The van der Waals surface area contributed by atoms with Gasteiger partial charge >= 0.3 is 11.9 Å². The number of nitrogens with two attached hydrogens (primary N) is 1. The molecule has 0 heterocycles. The molecule has 3 unspecified atom stereocenters. The summed E-state index contributed by atoms with van der Waals surface area (Å²) in [6.07, 6.45) is 16.5. The number of aliphatic hydroxyl groups excluding tert-OH is 1. The maximum absolute atomic E-state index is 11.8. The molecular formula is C24H44N2O6S. The van der Waals surface area contributed by atoms with E-state index in [9.17, 15) is 19.5 Å². The van der Waals surface area contributed by atoms with Gasteiger partial charge < -0.3 is 26.4 Å². The van der Waals surface area contributed by atoms with Crippen molar-refractivity contribution < 1.29 is 29.7 Å². The van der Waals surface area contributed by atoms with Crippen molar-refractivity contribution in [2.45, 2.75) is 108 Å². The van der Waals surface area contributed by atoms with Crippen molar-refractivity contribution in [1.82, 2.24) is 5.32 Å². The van der Waals surface area contributed by atoms with Crippen LogP contribution in [0.2, 0.25) is 0 Å². The Kier molecular flexibility index (Phi) is 20.0. The Bertz CT molecular complexity index is 573. The van der Waals surface area contributed by atoms with Crippen molar-refractivity contribution in [1.29, 1.82) is 0 Å². The number of rotatable bonds is 22. The van der Waals surface area contributed by atoms with E-state index in [1.165, 1.54) is 63.1 Å². The second-order valence-electron chi connectivity index (χ2n) is 8.41. The van der Waals surface area contributed by atoms with Crippen LogP contribution < -0.4 is 11.1 Å². The molecule has 0 aromatic heterocycles. The zero-order chi connectivity index (χ0) is 24.9. The van der Waals surface area contributed by atoms with E-state index in [1.54, 1.807) is 0 Å². The molecule has 1 amide bonds. The monoisotopic (exact) mass is 488 g/mol. The molecule has 0 saturated heterocycles. The number of aliphatic hydroxyl groups is 1. The van der Waals surface area contributed by atoms with Crippen LogP contribution in [0.1, 0.15) is 90.4 Å². The van der Waals surface area contributed by atoms with Crippen LogP contribution in [0.25, 0.3) is 0 Å². The van der Waals surface area contributed by atoms with Crippen LogP contribution >= 0.6 is 11.8 Å². The van der Waals surface area contributed by atoms with Gasteiger partial charge in [0.2, 0.25) is 5.91 Å². The number of amides is 1. The van der Waals surface area contributed by atoms with E-state index in [0.29, 0.717) is 0 Å². The number of nitrogens with one attached hydrogen (secondary N) is 1. The van der Waals surface area contributed by atoms with Crippen LogP contribution in [0.15, 0.2) is 12.2 Å². The lowest BCUT2D eigenvalue weighted by Gasteiger charge is -2.21. The third-order valence-corrected chi connectivity index (χ3v) is 6.71. The Hall–Kier alpha value is -1.58. The number of hydrogen-bond donors (Lipinski definition) is 5. The Morgan fingerprint density at radius 3 is 2.06 bits per heavy atom. The predicted octanol–water partition coefficient (Wildman–Crippen LogP) is 3.71. The van der Waals surface area contributed by atoms with Crippen molar-refractivity contribution in [3.63, 3.8) is 0 Å². The first-order valence-corrected chi connectivity index (χ1v) is 13.3. The van der Waals surface area contributed by atoms with Crippen molar-refractivity contribution in [3.8, 4) is 0 Å². The first-order chi connectivity index (χ1) is 15.8. The number of thioether (sulfide) groups is 1. The van der Waals surface area contributed by atoms with Gasteiger partial charge in [-0.3, -0.25) is 14.4 Å². The first-order valence-electron chi connectivity index (χ1n) is 12.2. The molecule has 3 atom stereocenters. The fraction of sp³-hybridized carbons (Fsp3) is 0.792. The fourth-order valence-electron chi connectivity index (χ4n) is 3.29. The second-order valence-corrected chi connectivity index (χ2v) is 9.63. The standard InChI is InChI=1S/C24H44N2O6S/c1-2-3-4-5-6-7-8-9-10-11-12-13-14-21(20(27)15-16-22(28)29)33-18-19(25)24(32)26-17-23(30)31/h13-14,19-21,27H,2-12,15-18,25H2,1H3,(H,26,32)(H,28,29)(H,30,31)/b14-13-. The molecule has 0 aliphatic heterocycles. The van der Waals surface area contributed by atoms with Crippen LogP contribution in [0.4, 0.5) is 0 Å². The summed E-state index contributed by atoms with van der Waals surface area (Å²) in [7, 11) is 0. The van der Waals surface area contributed by atoms with E-state index in [4.69, 9.17) is 15.9 Å². The van der Waals surface area contributed by atoms with Gasteiger partial charge in [0.15, 0.2) is 0 Å². The Morgan fingerprint density at radius 2 is 1.52 bits per heavy atom. The van der Waals surface area contributed by atoms with Crippen molar-refractivity contribution in [2.75, 3.05) is 12.3 Å². The highest BCUT2D eigenvalue weighted by atomic mass is 32.2. The Morgan fingerprint density at radius 1 is 0.939 bits per heavy atom. The molecule has 9 heteroatoms. The minimum Gasteiger partial charge on any atom is -0.481 e. The molecule has 0 radical (unpaired) electrons. The Labute approximate surface area is 202 Å². The molecule has 6 N–H and O–H groups in total. The molecule has 0 aromatic rings. The maximum atomic E-state index is 11.8. The molecule has 0 bridgehead atoms. The molecule has 0 aliphatic rings. The summed E-state index contributed by atoms with van der Waals surface area (Å²) in [5.74, 6) is -2.52. The van der Waals surface area contributed by atoms with Gasteiger partial charge in [0.25, 0.3) is 0 Å². The second kappa shape index (κ2) is 21.0. The topological polar surface area (TPSA) is 150 Å². The third kappa shape index (κ3) is 19.6. The van der Waals surface area contributed by atoms with E-state index >= 15 is 0 Å². The normalized spacial score (nSPS) is 14.2. The van der Waals surface area contributed by atoms with Gasteiger partial charge in [0, 0.05) is 17.4 Å². The van der Waals surface area contributed by atoms with Crippen LogP contribution in [0, 0.1) is 0 Å². The first kappa shape index (κ1) is 31.4. The number of carboxylic acids is 2. The number of carbonyl (C=O) groups is 3. The summed E-state index contributed by atoms with van der Waals surface area (Å²) in [5.41, 5.74) is 5.82. The lowest BCUT2D eigenvalue weighted by Crippen LogP contribution is -2.44. The molecule has 0 aliphatic carbocycles. The van der Waals surface area contributed by atoms with Gasteiger partial charge in [-0.1, -0.05) is 76.9 Å². The number of hydrogen-bond acceptors (Lipinski definition) is 6. The predicted molar refractivity (Wildman–Crippen MR) is 133 cm³/mol. The molecule has 192 valence electrons. The van der Waals surface area contributed by atoms with Crippen LogP contribution in [0.3, 0.4) is 0 Å². The highest BCUT2D eigenvalue weighted by Crippen LogP contribution is 2.21. The Balaban J connectivity index is 4.32. The lowest BCUT2D eigenvalue weighted by molar-refractivity contribution is -0.138. The summed E-state index contributed by atoms with van der Waals surface area (Å²) in [4.78, 5) is 33.2. The summed E-state index contributed by atoms with van der Waals surface area (Å²) in [5, 5.41) is 29.8. The number of carboxylic acid groups (broad SMARTS) is 2. The highest BCUT2D eigenvalue weighted by Gasteiger charge is 2.21. The van der Waals surface area contributed by atoms with Gasteiger partial charge in [0.1, 0.15) is 6.54 Å². The van der Waals surface area contributed by atoms with Gasteiger partial charge in [-0.2, -0.15) is 0 Å². The fourth-order valence-corrected chi connectivity index (χ4v) is 4.46. The molecule has 0 spiro atoms. The SMILES string of the molecule is CCCCCCCCCCCC/C=C\C(SCC(N)C(=O)NCC(=O)O)C(O)CCC(=O)O. The summed E-state index contributed by atoms with van der Waals surface area (Å²) in [6.45, 7) is 1.73. The quantitative estimate of drug-likeness (QED) is 0.114. The number of allylic oxidation sites excluding steroid dienone is 1. The highest BCUT2D eigenvalue weighted by molar-refractivity contribution is 8.00. The molecule has 0 rings (SSSR count). The maximum Gasteiger partial charge on any atom is 0.322 e. The average molecular weight is 489 g/mol. The van der Waals surface area contributed by atoms with Crippen molar-refractivity contribution >= 4 is 29.6 Å². The molecule has 0 aromatic carbocycles. The smallest absolute Gasteiger partial charge is 0.322 e. The summed E-state index contributed by atoms with van der Waals surface area (Å²) < 4.78 is 0. The van der Waals surface area contributed by atoms with Gasteiger partial charge in [-0.05, 0) is 19.3 Å². The van der Waals surface area contributed by atoms with Gasteiger partial charge in [-0.15, -0.1) is 11.8 Å². The number of aliphatic carboxylic acids is 2. The number of carbonyl (C=O) groups excluding carboxylic acids is 1. The molecule has 8 nitrogen and oxygen atoms in total. The van der Waals surface area contributed by atoms with E-state index in [1.807, 2.05) is 12.2 Å². The van der Waals surface area contributed by atoms with Crippen LogP contribution in [0.5, 0.6) is 0 Å². The minimum absolute atomic E-state index is 0.107. The van der Waals surface area contributed by atoms with Gasteiger partial charge in [-0.25, -0.2) is 0 Å². The molecule has 0 saturated carbocycles. The zero-order valence-corrected chi connectivity index (χ0v) is 20.9. The van der Waals surface area contributed by atoms with Crippen LogP contribution in [-0.4, -0.2) is 62.9 Å². The lowest BCUT2D eigenvalue weighted by atomic mass is 10.1. The zero-order valence-electron chi connectivity index (χ0n) is 20.0. The average Bonchev–Trinajstić information content (AvgIpc) is 2.78. The molecule has 0 fully saturated rings. The van der Waals surface area contributed by atoms with Crippen LogP contribution in [-0.2, 0) is 14.4 Å². The van der Waals surface area contributed by atoms with E-state index in [2.05, 4.69) is 12.2 Å². The van der Waals surface area contributed by atoms with Gasteiger partial charge in [0.05, 0.1) is 12.1 Å². The van der Waals surface area contributed by atoms with Crippen molar-refractivity contribution in [3.05, 3.63) is 12.2 Å². The largest absolute Gasteiger partial charge is 0.481 e. The van der Waals surface area contributed by atoms with E-state index in [0.717, 1.165) is 19.3 Å². The van der Waals surface area contributed by atoms with E-state index < -0.39 is 36.5 Å². The minimum atomic E-state index is -1.15. The van der Waals surface area contributed by atoms with E-state index in [-0.39, 0.29) is 23.8 Å². The summed E-state index contributed by atoms with van der Waals surface area (Å²) >= 11 is 1.27. The molecular weight excluding hydrogens is 444 g/mol. The third-order valence-electron chi connectivity index (χ3n) is 5.30. The van der Waals surface area contributed by atoms with Crippen molar-refractivity contribution in [2.24, 2.45) is 5.73 Å². The molecule has 33 heavy (non-hydrogen) atoms. The summed E-state index contributed by atoms with van der Waals surface area (Å²) in [6, 6.07) is -0.918. The number of unbranched alkanes of at least 4 members (excludes halogenated alkanes) is 10.